The molecule has 0 saturated heterocycles. The number of benzene rings is 2. The van der Waals surface area contributed by atoms with Gasteiger partial charge in [0.1, 0.15) is 0 Å². The lowest BCUT2D eigenvalue weighted by atomic mass is 9.90. The molecule has 0 aliphatic rings. The number of rotatable bonds is 7. The molecule has 1 aromatic heterocycles. The van der Waals surface area contributed by atoms with E-state index in [-0.39, 0.29) is 6.15 Å². The SMILES string of the molecule is CC(C)(C)CCCCOc1cc(-c2ccccc2)cc(-c2ccccc2)n1.N. The number of aromatic nitrogens is 1. The lowest BCUT2D eigenvalue weighted by Crippen LogP contribution is -2.06. The molecule has 3 aromatic rings. The van der Waals surface area contributed by atoms with Crippen LogP contribution in [0.2, 0.25) is 0 Å². The Labute approximate surface area is 169 Å². The van der Waals surface area contributed by atoms with Crippen molar-refractivity contribution in [1.82, 2.24) is 11.1 Å². The molecule has 0 radical (unpaired) electrons. The number of unbranched alkanes of at least 4 members (excludes halogenated alkanes) is 1. The minimum absolute atomic E-state index is 0. The predicted octanol–water partition coefficient (Wildman–Crippen LogP) is 7.17. The van der Waals surface area contributed by atoms with Crippen LogP contribution in [0, 0.1) is 5.41 Å². The molecule has 0 bridgehead atoms. The minimum Gasteiger partial charge on any atom is -0.478 e. The third-order valence-corrected chi connectivity index (χ3v) is 4.55. The Bertz CT molecular complexity index is 782. The fraction of sp³-hybridized carbons (Fsp3) is 0.320. The monoisotopic (exact) mass is 376 g/mol. The van der Waals surface area contributed by atoms with Crippen molar-refractivity contribution in [2.24, 2.45) is 5.41 Å². The number of pyridine rings is 1. The number of ether oxygens (including phenoxy) is 1. The maximum absolute atomic E-state index is 6.03. The first kappa shape index (κ1) is 21.6. The van der Waals surface area contributed by atoms with Gasteiger partial charge in [-0.3, -0.25) is 0 Å². The van der Waals surface area contributed by atoms with Crippen LogP contribution in [0.25, 0.3) is 22.4 Å². The van der Waals surface area contributed by atoms with E-state index in [0.717, 1.165) is 23.2 Å². The molecule has 0 fully saturated rings. The third kappa shape index (κ3) is 6.50. The van der Waals surface area contributed by atoms with Crippen LogP contribution in [-0.2, 0) is 0 Å². The Kier molecular flexibility index (Phi) is 7.77. The highest BCUT2D eigenvalue weighted by Gasteiger charge is 2.10. The van der Waals surface area contributed by atoms with E-state index >= 15 is 0 Å². The van der Waals surface area contributed by atoms with E-state index in [9.17, 15) is 0 Å². The first-order valence-electron chi connectivity index (χ1n) is 9.77. The number of hydrogen-bond donors (Lipinski definition) is 1. The molecule has 0 spiro atoms. The van der Waals surface area contributed by atoms with Gasteiger partial charge in [-0.1, -0.05) is 81.4 Å². The molecule has 0 aliphatic heterocycles. The average Bonchev–Trinajstić information content (AvgIpc) is 2.68. The van der Waals surface area contributed by atoms with Crippen molar-refractivity contribution in [3.8, 4) is 28.3 Å². The molecule has 0 amide bonds. The molecule has 28 heavy (non-hydrogen) atoms. The van der Waals surface area contributed by atoms with Gasteiger partial charge in [0.2, 0.25) is 5.88 Å². The maximum atomic E-state index is 6.03. The van der Waals surface area contributed by atoms with Gasteiger partial charge in [-0.05, 0) is 41.9 Å². The second-order valence-electron chi connectivity index (χ2n) is 8.18. The Hall–Kier alpha value is -2.65. The van der Waals surface area contributed by atoms with Gasteiger partial charge >= 0.3 is 0 Å². The van der Waals surface area contributed by atoms with Gasteiger partial charge in [0.15, 0.2) is 0 Å². The molecule has 0 saturated carbocycles. The van der Waals surface area contributed by atoms with E-state index < -0.39 is 0 Å². The van der Waals surface area contributed by atoms with Gasteiger partial charge in [0.05, 0.1) is 12.3 Å². The van der Waals surface area contributed by atoms with Gasteiger partial charge in [0, 0.05) is 11.6 Å². The zero-order valence-corrected chi connectivity index (χ0v) is 17.3. The van der Waals surface area contributed by atoms with Crippen LogP contribution >= 0.6 is 0 Å². The Morgan fingerprint density at radius 2 is 1.36 bits per heavy atom. The normalized spacial score (nSPS) is 11.0. The quantitative estimate of drug-likeness (QED) is 0.444. The Morgan fingerprint density at radius 3 is 1.96 bits per heavy atom. The van der Waals surface area contributed by atoms with Crippen LogP contribution in [0.4, 0.5) is 0 Å². The summed E-state index contributed by atoms with van der Waals surface area (Å²) in [6.45, 7) is 7.55. The van der Waals surface area contributed by atoms with E-state index in [1.807, 2.05) is 30.3 Å². The van der Waals surface area contributed by atoms with Crippen molar-refractivity contribution in [3.63, 3.8) is 0 Å². The summed E-state index contributed by atoms with van der Waals surface area (Å²) in [6.07, 6.45) is 3.44. The molecule has 3 heteroatoms. The van der Waals surface area contributed by atoms with Crippen LogP contribution in [-0.4, -0.2) is 11.6 Å². The molecule has 0 unspecified atom stereocenters. The van der Waals surface area contributed by atoms with Crippen molar-refractivity contribution in [2.75, 3.05) is 6.61 Å². The first-order valence-corrected chi connectivity index (χ1v) is 9.77. The Morgan fingerprint density at radius 1 is 0.750 bits per heavy atom. The summed E-state index contributed by atoms with van der Waals surface area (Å²) in [4.78, 5) is 4.75. The summed E-state index contributed by atoms with van der Waals surface area (Å²) >= 11 is 0. The smallest absolute Gasteiger partial charge is 0.214 e. The second kappa shape index (κ2) is 10.0. The van der Waals surface area contributed by atoms with Crippen molar-refractivity contribution in [3.05, 3.63) is 72.8 Å². The summed E-state index contributed by atoms with van der Waals surface area (Å²) in [5.74, 6) is 0.700. The van der Waals surface area contributed by atoms with Crippen LogP contribution in [0.1, 0.15) is 40.0 Å². The highest BCUT2D eigenvalue weighted by atomic mass is 16.5. The van der Waals surface area contributed by atoms with Crippen molar-refractivity contribution >= 4 is 0 Å². The first-order chi connectivity index (χ1) is 13.0. The van der Waals surface area contributed by atoms with Gasteiger partial charge in [0.25, 0.3) is 0 Å². The second-order valence-corrected chi connectivity index (χ2v) is 8.18. The zero-order valence-electron chi connectivity index (χ0n) is 17.3. The van der Waals surface area contributed by atoms with Crippen molar-refractivity contribution < 1.29 is 4.74 Å². The average molecular weight is 377 g/mol. The number of hydrogen-bond acceptors (Lipinski definition) is 3. The molecule has 2 aromatic carbocycles. The van der Waals surface area contributed by atoms with E-state index in [1.54, 1.807) is 0 Å². The fourth-order valence-corrected chi connectivity index (χ4v) is 3.07. The van der Waals surface area contributed by atoms with Crippen LogP contribution in [0.15, 0.2) is 72.8 Å². The predicted molar refractivity (Wildman–Crippen MR) is 119 cm³/mol. The lowest BCUT2D eigenvalue weighted by Gasteiger charge is -2.17. The van der Waals surface area contributed by atoms with E-state index in [4.69, 9.17) is 9.72 Å². The molecule has 148 valence electrons. The lowest BCUT2D eigenvalue weighted by molar-refractivity contribution is 0.277. The van der Waals surface area contributed by atoms with E-state index in [0.29, 0.717) is 17.9 Å². The van der Waals surface area contributed by atoms with Gasteiger partial charge < -0.3 is 10.9 Å². The summed E-state index contributed by atoms with van der Waals surface area (Å²) in [7, 11) is 0. The van der Waals surface area contributed by atoms with Crippen molar-refractivity contribution in [2.45, 2.75) is 40.0 Å². The number of nitrogens with zero attached hydrogens (tertiary/aromatic N) is 1. The molecular formula is C25H32N2O. The van der Waals surface area contributed by atoms with E-state index in [2.05, 4.69) is 63.2 Å². The van der Waals surface area contributed by atoms with Crippen molar-refractivity contribution in [1.29, 1.82) is 0 Å². The summed E-state index contributed by atoms with van der Waals surface area (Å²) in [6, 6.07) is 24.9. The summed E-state index contributed by atoms with van der Waals surface area (Å²) < 4.78 is 6.03. The molecule has 3 nitrogen and oxygen atoms in total. The minimum atomic E-state index is 0. The van der Waals surface area contributed by atoms with Gasteiger partial charge in [-0.2, -0.15) is 0 Å². The van der Waals surface area contributed by atoms with E-state index in [1.165, 1.54) is 18.4 Å². The van der Waals surface area contributed by atoms with Crippen LogP contribution < -0.4 is 10.9 Å². The molecule has 3 N–H and O–H groups in total. The zero-order chi connectivity index (χ0) is 19.1. The highest BCUT2D eigenvalue weighted by molar-refractivity contribution is 5.71. The topological polar surface area (TPSA) is 57.1 Å². The summed E-state index contributed by atoms with van der Waals surface area (Å²) in [5, 5.41) is 0. The molecular weight excluding hydrogens is 344 g/mol. The largest absolute Gasteiger partial charge is 0.478 e. The summed E-state index contributed by atoms with van der Waals surface area (Å²) in [5.41, 5.74) is 4.74. The van der Waals surface area contributed by atoms with Gasteiger partial charge in [-0.25, -0.2) is 4.98 Å². The molecule has 0 aliphatic carbocycles. The standard InChI is InChI=1S/C25H29NO.H3N/c1-25(2,3)16-10-11-17-27-24-19-22(20-12-6-4-7-13-20)18-23(26-24)21-14-8-5-9-15-21;/h4-9,12-15,18-19H,10-11,16-17H2,1-3H3;1H3. The third-order valence-electron chi connectivity index (χ3n) is 4.55. The van der Waals surface area contributed by atoms with Crippen LogP contribution in [0.5, 0.6) is 5.88 Å². The van der Waals surface area contributed by atoms with Crippen LogP contribution in [0.3, 0.4) is 0 Å². The molecule has 1 heterocycles. The van der Waals surface area contributed by atoms with Gasteiger partial charge in [-0.15, -0.1) is 0 Å². The highest BCUT2D eigenvalue weighted by Crippen LogP contribution is 2.29. The molecule has 3 rings (SSSR count). The maximum Gasteiger partial charge on any atom is 0.214 e. The molecule has 0 atom stereocenters. The fourth-order valence-electron chi connectivity index (χ4n) is 3.07. The Balaban J connectivity index is 0.00000280.